The molecular weight excluding hydrogens is 352 g/mol. The van der Waals surface area contributed by atoms with Gasteiger partial charge in [-0.25, -0.2) is 4.79 Å². The second-order valence-electron chi connectivity index (χ2n) is 6.91. The SMILES string of the molecule is Cc1cc(C)c(C)c(O[C@@H](Cc2ccc(Oc3ccccc3)cc2)C(=O)O)c1. The molecule has 3 aromatic carbocycles. The van der Waals surface area contributed by atoms with Crippen molar-refractivity contribution in [2.24, 2.45) is 0 Å². The maximum Gasteiger partial charge on any atom is 0.345 e. The molecule has 0 amide bonds. The molecular formula is C24H24O4. The van der Waals surface area contributed by atoms with Gasteiger partial charge in [0.05, 0.1) is 0 Å². The van der Waals surface area contributed by atoms with Crippen LogP contribution in [0.4, 0.5) is 0 Å². The molecule has 0 saturated carbocycles. The van der Waals surface area contributed by atoms with E-state index in [9.17, 15) is 9.90 Å². The summed E-state index contributed by atoms with van der Waals surface area (Å²) in [6, 6.07) is 20.9. The minimum absolute atomic E-state index is 0.271. The zero-order valence-corrected chi connectivity index (χ0v) is 16.3. The van der Waals surface area contributed by atoms with Crippen LogP contribution in [0.5, 0.6) is 17.2 Å². The Balaban J connectivity index is 1.72. The number of aryl methyl sites for hydroxylation is 2. The first-order chi connectivity index (χ1) is 13.4. The standard InChI is InChI=1S/C24H24O4/c1-16-13-17(2)18(3)22(14-16)28-23(24(25)26)15-19-9-11-21(12-10-19)27-20-7-5-4-6-8-20/h4-14,23H,15H2,1-3H3,(H,25,26)/t23-/m0/s1. The van der Waals surface area contributed by atoms with Gasteiger partial charge in [-0.15, -0.1) is 0 Å². The highest BCUT2D eigenvalue weighted by Gasteiger charge is 2.21. The van der Waals surface area contributed by atoms with Crippen LogP contribution in [0.25, 0.3) is 0 Å². The van der Waals surface area contributed by atoms with Crippen molar-refractivity contribution in [3.05, 3.63) is 89.0 Å². The van der Waals surface area contributed by atoms with Gasteiger partial charge in [0, 0.05) is 6.42 Å². The lowest BCUT2D eigenvalue weighted by atomic mass is 10.0. The highest BCUT2D eigenvalue weighted by molar-refractivity contribution is 5.73. The number of hydrogen-bond donors (Lipinski definition) is 1. The summed E-state index contributed by atoms with van der Waals surface area (Å²) in [5.41, 5.74) is 3.96. The van der Waals surface area contributed by atoms with Crippen molar-refractivity contribution in [1.29, 1.82) is 0 Å². The van der Waals surface area contributed by atoms with Gasteiger partial charge in [-0.2, -0.15) is 0 Å². The normalized spacial score (nSPS) is 11.7. The lowest BCUT2D eigenvalue weighted by Gasteiger charge is -2.18. The molecule has 3 aromatic rings. The average molecular weight is 376 g/mol. The lowest BCUT2D eigenvalue weighted by molar-refractivity contribution is -0.145. The molecule has 0 aliphatic carbocycles. The Hall–Kier alpha value is -3.27. The van der Waals surface area contributed by atoms with Crippen LogP contribution >= 0.6 is 0 Å². The van der Waals surface area contributed by atoms with E-state index in [0.29, 0.717) is 11.5 Å². The minimum atomic E-state index is -0.983. The Labute approximate surface area is 165 Å². The summed E-state index contributed by atoms with van der Waals surface area (Å²) in [6.07, 6.45) is -0.686. The summed E-state index contributed by atoms with van der Waals surface area (Å²) >= 11 is 0. The molecule has 0 aliphatic rings. The maximum absolute atomic E-state index is 11.7. The molecule has 0 saturated heterocycles. The van der Waals surface area contributed by atoms with Crippen LogP contribution in [-0.2, 0) is 11.2 Å². The second kappa shape index (κ2) is 8.61. The Bertz CT molecular complexity index is 946. The molecule has 1 atom stereocenters. The number of carboxylic acid groups (broad SMARTS) is 1. The van der Waals surface area contributed by atoms with Gasteiger partial charge in [0.15, 0.2) is 6.10 Å². The van der Waals surface area contributed by atoms with Crippen LogP contribution in [-0.4, -0.2) is 17.2 Å². The zero-order chi connectivity index (χ0) is 20.1. The van der Waals surface area contributed by atoms with Crippen LogP contribution in [0.15, 0.2) is 66.7 Å². The van der Waals surface area contributed by atoms with Crippen molar-refractivity contribution in [1.82, 2.24) is 0 Å². The molecule has 4 heteroatoms. The van der Waals surface area contributed by atoms with Crippen molar-refractivity contribution >= 4 is 5.97 Å². The van der Waals surface area contributed by atoms with Crippen LogP contribution in [0.3, 0.4) is 0 Å². The number of aliphatic carboxylic acids is 1. The lowest BCUT2D eigenvalue weighted by Crippen LogP contribution is -2.29. The molecule has 0 aliphatic heterocycles. The molecule has 0 heterocycles. The second-order valence-corrected chi connectivity index (χ2v) is 6.91. The molecule has 28 heavy (non-hydrogen) atoms. The fraction of sp³-hybridized carbons (Fsp3) is 0.208. The van der Waals surface area contributed by atoms with Gasteiger partial charge in [0.1, 0.15) is 17.2 Å². The fourth-order valence-electron chi connectivity index (χ4n) is 2.99. The quantitative estimate of drug-likeness (QED) is 0.593. The van der Waals surface area contributed by atoms with Gasteiger partial charge in [-0.05, 0) is 73.4 Å². The van der Waals surface area contributed by atoms with E-state index in [-0.39, 0.29) is 6.42 Å². The summed E-state index contributed by atoms with van der Waals surface area (Å²) in [7, 11) is 0. The molecule has 0 fully saturated rings. The maximum atomic E-state index is 11.7. The Kier molecular flexibility index (Phi) is 5.99. The Morgan fingerprint density at radius 1 is 0.929 bits per heavy atom. The van der Waals surface area contributed by atoms with Crippen LogP contribution in [0.1, 0.15) is 22.3 Å². The topological polar surface area (TPSA) is 55.8 Å². The van der Waals surface area contributed by atoms with Crippen LogP contribution in [0.2, 0.25) is 0 Å². The van der Waals surface area contributed by atoms with Crippen LogP contribution < -0.4 is 9.47 Å². The van der Waals surface area contributed by atoms with E-state index in [2.05, 4.69) is 6.07 Å². The number of carbonyl (C=O) groups is 1. The number of ether oxygens (including phenoxy) is 2. The van der Waals surface area contributed by atoms with E-state index in [0.717, 1.165) is 28.0 Å². The monoisotopic (exact) mass is 376 g/mol. The third kappa shape index (κ3) is 4.92. The predicted molar refractivity (Wildman–Crippen MR) is 109 cm³/mol. The summed E-state index contributed by atoms with van der Waals surface area (Å²) in [6.45, 7) is 5.91. The van der Waals surface area contributed by atoms with Gasteiger partial charge in [0.25, 0.3) is 0 Å². The zero-order valence-electron chi connectivity index (χ0n) is 16.3. The van der Waals surface area contributed by atoms with Crippen molar-refractivity contribution in [3.63, 3.8) is 0 Å². The first-order valence-corrected chi connectivity index (χ1v) is 9.21. The molecule has 144 valence electrons. The van der Waals surface area contributed by atoms with Gasteiger partial charge < -0.3 is 14.6 Å². The number of carboxylic acids is 1. The van der Waals surface area contributed by atoms with E-state index in [1.165, 1.54) is 0 Å². The number of hydrogen-bond acceptors (Lipinski definition) is 3. The molecule has 0 radical (unpaired) electrons. The van der Waals surface area contributed by atoms with Crippen molar-refractivity contribution in [3.8, 4) is 17.2 Å². The summed E-state index contributed by atoms with van der Waals surface area (Å²) < 4.78 is 11.6. The first kappa shape index (κ1) is 19.5. The molecule has 0 spiro atoms. The van der Waals surface area contributed by atoms with Crippen molar-refractivity contribution < 1.29 is 19.4 Å². The fourth-order valence-corrected chi connectivity index (χ4v) is 2.99. The third-order valence-electron chi connectivity index (χ3n) is 4.63. The van der Waals surface area contributed by atoms with Gasteiger partial charge in [-0.1, -0.05) is 36.4 Å². The minimum Gasteiger partial charge on any atom is -0.478 e. The number of benzene rings is 3. The largest absolute Gasteiger partial charge is 0.478 e. The highest BCUT2D eigenvalue weighted by atomic mass is 16.5. The van der Waals surface area contributed by atoms with E-state index in [1.54, 1.807) is 0 Å². The first-order valence-electron chi connectivity index (χ1n) is 9.21. The average Bonchev–Trinajstić information content (AvgIpc) is 2.67. The van der Waals surface area contributed by atoms with Crippen LogP contribution in [0, 0.1) is 20.8 Å². The summed E-state index contributed by atoms with van der Waals surface area (Å²) in [4.78, 5) is 11.7. The molecule has 3 rings (SSSR count). The molecule has 0 aromatic heterocycles. The van der Waals surface area contributed by atoms with E-state index < -0.39 is 12.1 Å². The summed E-state index contributed by atoms with van der Waals surface area (Å²) in [5, 5.41) is 9.63. The predicted octanol–water partition coefficient (Wildman–Crippen LogP) is 5.48. The summed E-state index contributed by atoms with van der Waals surface area (Å²) in [5.74, 6) is 1.09. The third-order valence-corrected chi connectivity index (χ3v) is 4.63. The molecule has 0 bridgehead atoms. The smallest absolute Gasteiger partial charge is 0.345 e. The highest BCUT2D eigenvalue weighted by Crippen LogP contribution is 2.26. The van der Waals surface area contributed by atoms with E-state index in [4.69, 9.17) is 9.47 Å². The van der Waals surface area contributed by atoms with Gasteiger partial charge >= 0.3 is 5.97 Å². The van der Waals surface area contributed by atoms with E-state index in [1.807, 2.05) is 81.4 Å². The number of rotatable bonds is 7. The van der Waals surface area contributed by atoms with Crippen molar-refractivity contribution in [2.75, 3.05) is 0 Å². The Morgan fingerprint density at radius 2 is 1.57 bits per heavy atom. The Morgan fingerprint density at radius 3 is 2.21 bits per heavy atom. The van der Waals surface area contributed by atoms with Gasteiger partial charge in [-0.3, -0.25) is 0 Å². The molecule has 0 unspecified atom stereocenters. The number of para-hydroxylation sites is 1. The van der Waals surface area contributed by atoms with E-state index >= 15 is 0 Å². The van der Waals surface area contributed by atoms with Crippen molar-refractivity contribution in [2.45, 2.75) is 33.3 Å². The van der Waals surface area contributed by atoms with Gasteiger partial charge in [0.2, 0.25) is 0 Å². The molecule has 4 nitrogen and oxygen atoms in total. The molecule has 1 N–H and O–H groups in total.